The van der Waals surface area contributed by atoms with Crippen LogP contribution in [0.15, 0.2) is 397 Å². The van der Waals surface area contributed by atoms with E-state index in [1.807, 2.05) is 30.3 Å². The van der Waals surface area contributed by atoms with E-state index in [1.54, 1.807) is 0 Å². The van der Waals surface area contributed by atoms with E-state index >= 15 is 0 Å². The van der Waals surface area contributed by atoms with Gasteiger partial charge in [-0.3, -0.25) is 0 Å². The highest BCUT2D eigenvalue weighted by Gasteiger charge is 2.53. The summed E-state index contributed by atoms with van der Waals surface area (Å²) in [6.45, 7) is 6.42. The first-order valence-corrected chi connectivity index (χ1v) is 40.7. The van der Waals surface area contributed by atoms with Gasteiger partial charge in [-0.1, -0.05) is 320 Å². The molecule has 1 N–H and O–H groups in total. The molecule has 22 aromatic rings. The van der Waals surface area contributed by atoms with E-state index in [4.69, 9.17) is 8.83 Å². The summed E-state index contributed by atoms with van der Waals surface area (Å²) >= 11 is 0. The first-order chi connectivity index (χ1) is 57.8. The monoisotopic (exact) mass is 1490 g/mol. The van der Waals surface area contributed by atoms with Gasteiger partial charge < -0.3 is 19.1 Å². The molecule has 2 heterocycles. The molecule has 0 saturated carbocycles. The molecular weight excluding hydrogens is 1420 g/mol. The highest BCUT2D eigenvalue weighted by atomic mass is 16.3. The molecule has 2 spiro atoms. The molecule has 0 saturated heterocycles. The highest BCUT2D eigenvalue weighted by molar-refractivity contribution is 6.29. The number of para-hydroxylation sites is 4. The summed E-state index contributed by atoms with van der Waals surface area (Å²) in [6, 6.07) is 143. The van der Waals surface area contributed by atoms with Crippen molar-refractivity contribution in [1.29, 1.82) is 0 Å². The fourth-order valence-corrected chi connectivity index (χ4v) is 21.0. The topological polar surface area (TPSA) is 41.6 Å². The van der Waals surface area contributed by atoms with Crippen molar-refractivity contribution in [1.82, 2.24) is 0 Å². The van der Waals surface area contributed by atoms with Gasteiger partial charge in [-0.25, -0.2) is 0 Å². The number of fused-ring (bicyclic) bond motifs is 38. The average Bonchev–Trinajstić information content (AvgIpc) is 1.51. The second kappa shape index (κ2) is 25.6. The lowest BCUT2D eigenvalue weighted by atomic mass is 9.70. The predicted molar refractivity (Wildman–Crippen MR) is 490 cm³/mol. The number of benzene rings is 20. The van der Waals surface area contributed by atoms with E-state index in [0.717, 1.165) is 72.3 Å². The lowest BCUT2D eigenvalue weighted by Gasteiger charge is -2.30. The molecule has 548 valence electrons. The van der Waals surface area contributed by atoms with Crippen LogP contribution < -0.4 is 10.2 Å². The molecule has 2 aromatic heterocycles. The highest BCUT2D eigenvalue weighted by Crippen LogP contribution is 2.66. The molecule has 26 rings (SSSR count). The van der Waals surface area contributed by atoms with Crippen molar-refractivity contribution in [3.05, 3.63) is 449 Å². The molecule has 0 aliphatic heterocycles. The van der Waals surface area contributed by atoms with Crippen LogP contribution in [0.1, 0.15) is 61.2 Å². The van der Waals surface area contributed by atoms with Gasteiger partial charge in [0.25, 0.3) is 0 Å². The maximum Gasteiger partial charge on any atom is 0.159 e. The Labute approximate surface area is 677 Å². The number of furan rings is 2. The molecule has 4 nitrogen and oxygen atoms in total. The molecule has 20 aromatic carbocycles. The maximum absolute atomic E-state index is 6.67. The third kappa shape index (κ3) is 9.64. The number of nitrogens with one attached hydrogen (secondary N) is 1. The van der Waals surface area contributed by atoms with Crippen LogP contribution in [0.3, 0.4) is 0 Å². The summed E-state index contributed by atoms with van der Waals surface area (Å²) in [4.78, 5) is 2.36. The second-order valence-electron chi connectivity index (χ2n) is 32.2. The Kier molecular flexibility index (Phi) is 14.6. The Morgan fingerprint density at radius 1 is 0.214 bits per heavy atom. The summed E-state index contributed by atoms with van der Waals surface area (Å²) < 4.78 is 12.7. The number of hydrogen-bond donors (Lipinski definition) is 1. The molecule has 0 unspecified atom stereocenters. The predicted octanol–water partition coefficient (Wildman–Crippen LogP) is 30.6. The van der Waals surface area contributed by atoms with Crippen LogP contribution in [-0.2, 0) is 10.8 Å². The van der Waals surface area contributed by atoms with E-state index in [0.29, 0.717) is 0 Å². The zero-order valence-electron chi connectivity index (χ0n) is 64.7. The summed E-state index contributed by atoms with van der Waals surface area (Å²) in [7, 11) is 0. The number of hydrogen-bond acceptors (Lipinski definition) is 4. The Morgan fingerprint density at radius 3 is 1.01 bits per heavy atom. The minimum absolute atomic E-state index is 0.310. The van der Waals surface area contributed by atoms with Gasteiger partial charge in [0, 0.05) is 38.6 Å². The van der Waals surface area contributed by atoms with Crippen LogP contribution in [0.25, 0.3) is 153 Å². The van der Waals surface area contributed by atoms with Gasteiger partial charge >= 0.3 is 0 Å². The van der Waals surface area contributed by atoms with Crippen molar-refractivity contribution in [3.8, 4) is 44.5 Å². The van der Waals surface area contributed by atoms with Gasteiger partial charge in [0.2, 0.25) is 0 Å². The normalized spacial score (nSPS) is 13.2. The van der Waals surface area contributed by atoms with Crippen molar-refractivity contribution in [2.45, 2.75) is 31.6 Å². The maximum atomic E-state index is 6.67. The zero-order valence-corrected chi connectivity index (χ0v) is 64.7. The zero-order chi connectivity index (χ0) is 77.4. The van der Waals surface area contributed by atoms with Crippen molar-refractivity contribution in [2.75, 3.05) is 10.2 Å². The van der Waals surface area contributed by atoms with Gasteiger partial charge in [-0.05, 0) is 259 Å². The van der Waals surface area contributed by atoms with Crippen molar-refractivity contribution >= 4 is 137 Å². The first-order valence-electron chi connectivity index (χ1n) is 40.7. The van der Waals surface area contributed by atoms with Gasteiger partial charge in [-0.15, -0.1) is 0 Å². The molecular formula is C113H74N2O2. The van der Waals surface area contributed by atoms with E-state index in [-0.39, 0.29) is 5.41 Å². The third-order valence-electron chi connectivity index (χ3n) is 26.0. The molecule has 0 radical (unpaired) electrons. The average molecular weight is 1490 g/mol. The van der Waals surface area contributed by atoms with Gasteiger partial charge in [0.05, 0.1) is 22.2 Å². The van der Waals surface area contributed by atoms with E-state index < -0.39 is 5.41 Å². The van der Waals surface area contributed by atoms with Crippen LogP contribution in [0.4, 0.5) is 28.4 Å². The molecule has 117 heavy (non-hydrogen) atoms. The first kappa shape index (κ1) is 66.7. The van der Waals surface area contributed by atoms with E-state index in [2.05, 4.69) is 389 Å². The van der Waals surface area contributed by atoms with Gasteiger partial charge in [-0.2, -0.15) is 0 Å². The quantitative estimate of drug-likeness (QED) is 0.174. The number of anilines is 5. The van der Waals surface area contributed by atoms with Gasteiger partial charge in [0.1, 0.15) is 11.2 Å². The van der Waals surface area contributed by atoms with Crippen LogP contribution >= 0.6 is 0 Å². The van der Waals surface area contributed by atoms with Crippen LogP contribution in [-0.4, -0.2) is 0 Å². The molecule has 0 amide bonds. The SMILES string of the molecule is Cc1ccc(N(c2ccc3c(c2)c2ccccc2c2cc4c(cc32)C2(c3ccccc3-c3ccccc32)c2ccccc2-4)c2cccc3c2oc2ccccc23)cc1.Cc1ccc(Nc2cccc3c2oc2ccccc23)cc1.Cc1ccc2c(c1)c1ccccc1c1cc3c(cc21)C1(c2ccccc2-c2ccccc21)c1ccccc1-3. The molecule has 4 aliphatic rings. The molecule has 4 aliphatic carbocycles. The Hall–Kier alpha value is -14.8. The Bertz CT molecular complexity index is 7880. The standard InChI is InChI=1S/C56H35NO.C38H24.C19H15NO/c1-34-25-27-35(28-26-34)57(53-23-12-19-44-43-18-7-11-24-54(43)58-55(44)53)36-29-30-39-45(31-36)37-13-2-3-14-38(37)46-32-48-42-17-6-10-22-51(42)56(52(48)33-47(39)46)49-20-8-4-15-40(49)41-16-5-9-21-50(41)56;1-23-18-19-26-30(20-23)24-10-2-3-11-25(24)31-21-33-29-14-6-9-17-36(29)38(37(33)22-32(26)31)34-15-7-4-12-27(34)28-13-5-8-16-35(28)38;1-13-9-11-14(12-10-13)20-17-7-4-6-16-15-5-2-3-8-18(15)21-19(16)17/h2-33H,1H3;2-22H,1H3;2-12,20H,1H3. The summed E-state index contributed by atoms with van der Waals surface area (Å²) in [5.41, 5.74) is 33.6. The summed E-state index contributed by atoms with van der Waals surface area (Å²) in [5.74, 6) is 0. The lowest BCUT2D eigenvalue weighted by molar-refractivity contribution is 0.669. The van der Waals surface area contributed by atoms with Crippen molar-refractivity contribution < 1.29 is 8.83 Å². The van der Waals surface area contributed by atoms with Crippen LogP contribution in [0, 0.1) is 20.8 Å². The van der Waals surface area contributed by atoms with Crippen LogP contribution in [0.2, 0.25) is 0 Å². The van der Waals surface area contributed by atoms with E-state index in [9.17, 15) is 0 Å². The number of nitrogens with zero attached hydrogens (tertiary/aromatic N) is 1. The smallest absolute Gasteiger partial charge is 0.159 e. The molecule has 4 heteroatoms. The summed E-state index contributed by atoms with van der Waals surface area (Å²) in [6.07, 6.45) is 0. The summed E-state index contributed by atoms with van der Waals surface area (Å²) in [5, 5.41) is 23.5. The Balaban J connectivity index is 0.000000113. The van der Waals surface area contributed by atoms with Crippen LogP contribution in [0.5, 0.6) is 0 Å². The number of rotatable bonds is 5. The largest absolute Gasteiger partial charge is 0.454 e. The van der Waals surface area contributed by atoms with E-state index in [1.165, 1.54) is 170 Å². The third-order valence-corrected chi connectivity index (χ3v) is 26.0. The second-order valence-corrected chi connectivity index (χ2v) is 32.2. The number of aryl methyl sites for hydroxylation is 3. The molecule has 0 bridgehead atoms. The fourth-order valence-electron chi connectivity index (χ4n) is 21.0. The minimum Gasteiger partial charge on any atom is -0.454 e. The minimum atomic E-state index is -0.404. The van der Waals surface area contributed by atoms with Crippen molar-refractivity contribution in [2.24, 2.45) is 0 Å². The molecule has 0 fully saturated rings. The van der Waals surface area contributed by atoms with Crippen molar-refractivity contribution in [3.63, 3.8) is 0 Å². The van der Waals surface area contributed by atoms with Gasteiger partial charge in [0.15, 0.2) is 11.2 Å². The fraction of sp³-hybridized carbons (Fsp3) is 0.0442. The lowest BCUT2D eigenvalue weighted by Crippen LogP contribution is -2.25. The Morgan fingerprint density at radius 2 is 0.538 bits per heavy atom. The molecule has 0 atom stereocenters.